The Morgan fingerprint density at radius 2 is 1.94 bits per heavy atom. The molecule has 2 N–H and O–H groups in total. The third-order valence-corrected chi connectivity index (χ3v) is 5.19. The first-order chi connectivity index (χ1) is 15.0. The molecule has 1 saturated carbocycles. The van der Waals surface area contributed by atoms with Crippen molar-refractivity contribution in [2.75, 3.05) is 11.9 Å². The Balaban J connectivity index is 1.32. The van der Waals surface area contributed by atoms with E-state index in [9.17, 15) is 14.4 Å². The van der Waals surface area contributed by atoms with E-state index in [0.717, 1.165) is 35.8 Å². The normalized spacial score (nSPS) is 13.1. The molecule has 0 atom stereocenters. The molecular formula is C24H24N2O5. The van der Waals surface area contributed by atoms with Crippen molar-refractivity contribution >= 4 is 34.4 Å². The quantitative estimate of drug-likeness (QED) is 0.543. The van der Waals surface area contributed by atoms with E-state index in [-0.39, 0.29) is 18.4 Å². The fourth-order valence-corrected chi connectivity index (χ4v) is 3.30. The second kappa shape index (κ2) is 9.04. The molecule has 7 nitrogen and oxygen atoms in total. The van der Waals surface area contributed by atoms with Crippen LogP contribution in [0.1, 0.15) is 41.3 Å². The molecule has 2 amide bonds. The van der Waals surface area contributed by atoms with Crippen LogP contribution in [0.25, 0.3) is 11.0 Å². The number of rotatable bonds is 8. The van der Waals surface area contributed by atoms with Crippen molar-refractivity contribution in [1.82, 2.24) is 5.32 Å². The lowest BCUT2D eigenvalue weighted by atomic mass is 10.1. The highest BCUT2D eigenvalue weighted by Gasteiger charge is 2.25. The van der Waals surface area contributed by atoms with Gasteiger partial charge >= 0.3 is 5.97 Å². The number of furan rings is 1. The molecule has 0 unspecified atom stereocenters. The topological polar surface area (TPSA) is 97.6 Å². The van der Waals surface area contributed by atoms with Gasteiger partial charge in [0.15, 0.2) is 6.61 Å². The van der Waals surface area contributed by atoms with Gasteiger partial charge in [0.25, 0.3) is 11.8 Å². The smallest absolute Gasteiger partial charge is 0.310 e. The Hall–Kier alpha value is -3.61. The molecule has 3 aromatic rings. The summed E-state index contributed by atoms with van der Waals surface area (Å²) in [6, 6.07) is 12.8. The fourth-order valence-electron chi connectivity index (χ4n) is 3.30. The average molecular weight is 420 g/mol. The maximum Gasteiger partial charge on any atom is 0.310 e. The number of hydrogen-bond acceptors (Lipinski definition) is 5. The van der Waals surface area contributed by atoms with Crippen LogP contribution >= 0.6 is 0 Å². The molecular weight excluding hydrogens is 396 g/mol. The van der Waals surface area contributed by atoms with Crippen molar-refractivity contribution in [3.63, 3.8) is 0 Å². The average Bonchev–Trinajstić information content (AvgIpc) is 3.51. The maximum absolute atomic E-state index is 12.3. The lowest BCUT2D eigenvalue weighted by Crippen LogP contribution is -2.28. The Bertz CT molecular complexity index is 1130. The highest BCUT2D eigenvalue weighted by Crippen LogP contribution is 2.24. The summed E-state index contributed by atoms with van der Waals surface area (Å²) in [5, 5.41) is 6.40. The molecule has 1 aliphatic rings. The number of aryl methyl sites for hydroxylation is 1. The first-order valence-electron chi connectivity index (χ1n) is 10.4. The summed E-state index contributed by atoms with van der Waals surface area (Å²) >= 11 is 0. The third kappa shape index (κ3) is 5.12. The van der Waals surface area contributed by atoms with E-state index < -0.39 is 18.5 Å². The Labute approximate surface area is 179 Å². The van der Waals surface area contributed by atoms with Crippen molar-refractivity contribution in [2.45, 2.75) is 38.6 Å². The number of nitrogens with one attached hydrogen (secondary N) is 2. The molecule has 1 fully saturated rings. The van der Waals surface area contributed by atoms with Crippen molar-refractivity contribution in [3.05, 3.63) is 65.4 Å². The van der Waals surface area contributed by atoms with E-state index in [0.29, 0.717) is 16.8 Å². The molecule has 31 heavy (non-hydrogen) atoms. The van der Waals surface area contributed by atoms with Crippen LogP contribution in [0.2, 0.25) is 0 Å². The second-order valence-corrected chi connectivity index (χ2v) is 7.62. The number of esters is 1. The molecule has 0 radical (unpaired) electrons. The van der Waals surface area contributed by atoms with Crippen LogP contribution in [0.3, 0.4) is 0 Å². The third-order valence-electron chi connectivity index (χ3n) is 5.19. The predicted molar refractivity (Wildman–Crippen MR) is 116 cm³/mol. The zero-order valence-electron chi connectivity index (χ0n) is 17.3. The Kier molecular flexibility index (Phi) is 6.02. The van der Waals surface area contributed by atoms with E-state index >= 15 is 0 Å². The van der Waals surface area contributed by atoms with Crippen LogP contribution in [0.4, 0.5) is 5.69 Å². The molecule has 0 bridgehead atoms. The van der Waals surface area contributed by atoms with Gasteiger partial charge in [0.05, 0.1) is 23.9 Å². The minimum absolute atomic E-state index is 0.00608. The maximum atomic E-state index is 12.3. The number of anilines is 1. The van der Waals surface area contributed by atoms with E-state index in [4.69, 9.17) is 9.15 Å². The number of amides is 2. The number of hydrogen-bond donors (Lipinski definition) is 2. The highest BCUT2D eigenvalue weighted by atomic mass is 16.5. The van der Waals surface area contributed by atoms with Crippen LogP contribution in [0.15, 0.2) is 53.1 Å². The lowest BCUT2D eigenvalue weighted by Gasteiger charge is -2.11. The Morgan fingerprint density at radius 3 is 2.71 bits per heavy atom. The summed E-state index contributed by atoms with van der Waals surface area (Å²) in [5.41, 5.74) is 3.35. The van der Waals surface area contributed by atoms with Crippen LogP contribution in [0, 0.1) is 0 Å². The number of carbonyl (C=O) groups excluding carboxylic acids is 3. The molecule has 0 spiro atoms. The number of fused-ring (bicyclic) bond motifs is 1. The second-order valence-electron chi connectivity index (χ2n) is 7.62. The summed E-state index contributed by atoms with van der Waals surface area (Å²) in [6.07, 6.45) is 4.39. The van der Waals surface area contributed by atoms with Crippen molar-refractivity contribution in [1.29, 1.82) is 0 Å². The highest BCUT2D eigenvalue weighted by molar-refractivity contribution is 6.04. The van der Waals surface area contributed by atoms with Crippen LogP contribution in [-0.4, -0.2) is 30.4 Å². The first kappa shape index (κ1) is 20.7. The predicted octanol–water partition coefficient (Wildman–Crippen LogP) is 3.61. The molecule has 4 rings (SSSR count). The van der Waals surface area contributed by atoms with E-state index in [1.807, 2.05) is 18.2 Å². The standard InChI is InChI=1S/C24H24N2O5/c1-2-15-7-10-18-16(13-30-21(18)11-15)12-23(28)31-14-22(27)26-20-6-4-3-5-19(20)24(29)25-17-8-9-17/h3-7,10-11,13,17H,2,8-9,12,14H2,1H3,(H,25,29)(H,26,27). The zero-order chi connectivity index (χ0) is 21.8. The minimum atomic E-state index is -0.530. The van der Waals surface area contributed by atoms with E-state index in [1.54, 1.807) is 30.5 Å². The van der Waals surface area contributed by atoms with E-state index in [1.165, 1.54) is 0 Å². The van der Waals surface area contributed by atoms with Gasteiger partial charge in [-0.25, -0.2) is 0 Å². The number of para-hydroxylation sites is 1. The summed E-state index contributed by atoms with van der Waals surface area (Å²) in [7, 11) is 0. The van der Waals surface area contributed by atoms with Gasteiger partial charge in [-0.15, -0.1) is 0 Å². The summed E-state index contributed by atoms with van der Waals surface area (Å²) in [4.78, 5) is 36.8. The van der Waals surface area contributed by atoms with Crippen LogP contribution in [-0.2, 0) is 27.2 Å². The van der Waals surface area contributed by atoms with Crippen LogP contribution < -0.4 is 10.6 Å². The molecule has 0 aliphatic heterocycles. The lowest BCUT2D eigenvalue weighted by molar-refractivity contribution is -0.146. The molecule has 1 aliphatic carbocycles. The van der Waals surface area contributed by atoms with Crippen molar-refractivity contribution in [2.24, 2.45) is 0 Å². The number of benzene rings is 2. The fraction of sp³-hybridized carbons (Fsp3) is 0.292. The monoisotopic (exact) mass is 420 g/mol. The van der Waals surface area contributed by atoms with Gasteiger partial charge in [-0.3, -0.25) is 14.4 Å². The van der Waals surface area contributed by atoms with E-state index in [2.05, 4.69) is 17.6 Å². The van der Waals surface area contributed by atoms with Crippen molar-refractivity contribution in [3.8, 4) is 0 Å². The van der Waals surface area contributed by atoms with Gasteiger partial charge in [-0.05, 0) is 43.0 Å². The van der Waals surface area contributed by atoms with Gasteiger partial charge in [0.2, 0.25) is 0 Å². The summed E-state index contributed by atoms with van der Waals surface area (Å²) < 4.78 is 10.7. The van der Waals surface area contributed by atoms with Crippen molar-refractivity contribution < 1.29 is 23.5 Å². The number of ether oxygens (including phenoxy) is 1. The minimum Gasteiger partial charge on any atom is -0.464 e. The Morgan fingerprint density at radius 1 is 1.13 bits per heavy atom. The van der Waals surface area contributed by atoms with Gasteiger partial charge < -0.3 is 19.8 Å². The largest absolute Gasteiger partial charge is 0.464 e. The molecule has 0 saturated heterocycles. The molecule has 1 aromatic heterocycles. The van der Waals surface area contributed by atoms with Gasteiger partial charge in [-0.1, -0.05) is 31.2 Å². The summed E-state index contributed by atoms with van der Waals surface area (Å²) in [5.74, 6) is -1.27. The molecule has 7 heteroatoms. The molecule has 2 aromatic carbocycles. The van der Waals surface area contributed by atoms with Gasteiger partial charge in [-0.2, -0.15) is 0 Å². The summed E-state index contributed by atoms with van der Waals surface area (Å²) in [6.45, 7) is 1.62. The molecule has 1 heterocycles. The number of carbonyl (C=O) groups is 3. The SMILES string of the molecule is CCc1ccc2c(CC(=O)OCC(=O)Nc3ccccc3C(=O)NC3CC3)coc2c1. The first-order valence-corrected chi connectivity index (χ1v) is 10.4. The van der Waals surface area contributed by atoms with Crippen LogP contribution in [0.5, 0.6) is 0 Å². The van der Waals surface area contributed by atoms with Gasteiger partial charge in [0.1, 0.15) is 5.58 Å². The zero-order valence-corrected chi connectivity index (χ0v) is 17.3. The molecule has 160 valence electrons. The van der Waals surface area contributed by atoms with Gasteiger partial charge in [0, 0.05) is 17.0 Å².